The van der Waals surface area contributed by atoms with E-state index in [9.17, 15) is 9.59 Å². The maximum Gasteiger partial charge on any atom is 0.333 e. The average Bonchev–Trinajstić information content (AvgIpc) is 2.77. The molecule has 5 heteroatoms. The van der Waals surface area contributed by atoms with Crippen molar-refractivity contribution in [2.75, 3.05) is 18.6 Å². The second-order valence-electron chi connectivity index (χ2n) is 3.92. The van der Waals surface area contributed by atoms with Crippen LogP contribution in [0.3, 0.4) is 0 Å². The summed E-state index contributed by atoms with van der Waals surface area (Å²) in [6, 6.07) is 0.0607. The number of ether oxygens (including phenoxy) is 1. The number of nitrogens with one attached hydrogen (secondary N) is 1. The molecule has 0 aliphatic heterocycles. The van der Waals surface area contributed by atoms with E-state index in [1.54, 1.807) is 11.8 Å². The van der Waals surface area contributed by atoms with Crippen LogP contribution in [0.4, 0.5) is 0 Å². The van der Waals surface area contributed by atoms with Gasteiger partial charge in [0.05, 0.1) is 0 Å². The first-order valence-corrected chi connectivity index (χ1v) is 7.21. The minimum Gasteiger partial charge on any atom is -0.461 e. The number of thioether (sulfide) groups is 1. The molecule has 1 N–H and O–H groups in total. The van der Waals surface area contributed by atoms with Crippen molar-refractivity contribution in [3.63, 3.8) is 0 Å². The summed E-state index contributed by atoms with van der Waals surface area (Å²) in [5, 5.41) is 2.88. The first-order chi connectivity index (χ1) is 8.17. The third-order valence-corrected chi connectivity index (χ3v) is 3.16. The Balaban J connectivity index is 2.28. The van der Waals surface area contributed by atoms with E-state index in [4.69, 9.17) is 4.74 Å². The molecule has 0 saturated heterocycles. The Bertz CT molecular complexity index is 315. The van der Waals surface area contributed by atoms with Crippen molar-refractivity contribution in [2.24, 2.45) is 0 Å². The van der Waals surface area contributed by atoms with Crippen LogP contribution in [-0.4, -0.2) is 36.5 Å². The van der Waals surface area contributed by atoms with Gasteiger partial charge in [0.2, 0.25) is 5.91 Å². The highest BCUT2D eigenvalue weighted by molar-refractivity contribution is 7.98. The molecule has 1 aliphatic rings. The lowest BCUT2D eigenvalue weighted by Crippen LogP contribution is -2.32. The lowest BCUT2D eigenvalue weighted by molar-refractivity contribution is -0.138. The highest BCUT2D eigenvalue weighted by Gasteiger charge is 2.23. The van der Waals surface area contributed by atoms with E-state index < -0.39 is 0 Å². The minimum atomic E-state index is -0.243. The first-order valence-electron chi connectivity index (χ1n) is 5.81. The SMILES string of the molecule is CCC(=O)NC1CC=C(C(=O)OCCSC)C1. The number of amides is 1. The molecule has 1 aliphatic carbocycles. The summed E-state index contributed by atoms with van der Waals surface area (Å²) < 4.78 is 5.11. The molecular formula is C12H19NO3S. The van der Waals surface area contributed by atoms with Crippen LogP contribution >= 0.6 is 11.8 Å². The topological polar surface area (TPSA) is 55.4 Å². The van der Waals surface area contributed by atoms with Crippen LogP contribution in [0, 0.1) is 0 Å². The van der Waals surface area contributed by atoms with Gasteiger partial charge in [-0.15, -0.1) is 0 Å². The van der Waals surface area contributed by atoms with E-state index in [0.29, 0.717) is 25.0 Å². The minimum absolute atomic E-state index is 0.0281. The van der Waals surface area contributed by atoms with Crippen molar-refractivity contribution in [2.45, 2.75) is 32.2 Å². The normalized spacial score (nSPS) is 18.7. The molecule has 4 nitrogen and oxygen atoms in total. The van der Waals surface area contributed by atoms with Gasteiger partial charge in [-0.1, -0.05) is 13.0 Å². The largest absolute Gasteiger partial charge is 0.461 e. The molecule has 0 radical (unpaired) electrons. The summed E-state index contributed by atoms with van der Waals surface area (Å²) in [5.74, 6) is 0.599. The second-order valence-corrected chi connectivity index (χ2v) is 4.90. The van der Waals surface area contributed by atoms with Gasteiger partial charge in [0.25, 0.3) is 0 Å². The van der Waals surface area contributed by atoms with Gasteiger partial charge in [0.1, 0.15) is 6.61 Å². The molecule has 0 aromatic carbocycles. The van der Waals surface area contributed by atoms with Crippen LogP contribution in [0.25, 0.3) is 0 Å². The summed E-state index contributed by atoms with van der Waals surface area (Å²) in [7, 11) is 0. The van der Waals surface area contributed by atoms with Crippen molar-refractivity contribution in [3.8, 4) is 0 Å². The third kappa shape index (κ3) is 4.81. The molecule has 96 valence electrons. The van der Waals surface area contributed by atoms with Crippen LogP contribution in [0.5, 0.6) is 0 Å². The van der Waals surface area contributed by atoms with E-state index in [1.165, 1.54) is 0 Å². The van der Waals surface area contributed by atoms with Crippen molar-refractivity contribution < 1.29 is 14.3 Å². The Morgan fingerprint density at radius 1 is 1.59 bits per heavy atom. The van der Waals surface area contributed by atoms with Gasteiger partial charge in [0.15, 0.2) is 0 Å². The molecule has 1 amide bonds. The quantitative estimate of drug-likeness (QED) is 0.579. The van der Waals surface area contributed by atoms with Gasteiger partial charge >= 0.3 is 5.97 Å². The lowest BCUT2D eigenvalue weighted by Gasteiger charge is -2.11. The highest BCUT2D eigenvalue weighted by Crippen LogP contribution is 2.20. The van der Waals surface area contributed by atoms with Gasteiger partial charge < -0.3 is 10.1 Å². The zero-order valence-electron chi connectivity index (χ0n) is 10.3. The number of carbonyl (C=O) groups is 2. The standard InChI is InChI=1S/C12H19NO3S/c1-3-11(14)13-10-5-4-9(8-10)12(15)16-6-7-17-2/h4,10H,3,5-8H2,1-2H3,(H,13,14). The molecule has 0 spiro atoms. The van der Waals surface area contributed by atoms with Crippen LogP contribution in [0.2, 0.25) is 0 Å². The average molecular weight is 257 g/mol. The summed E-state index contributed by atoms with van der Waals surface area (Å²) in [6.07, 6.45) is 5.62. The van der Waals surface area contributed by atoms with Crippen LogP contribution in [0.1, 0.15) is 26.2 Å². The Morgan fingerprint density at radius 3 is 3.00 bits per heavy atom. The smallest absolute Gasteiger partial charge is 0.333 e. The molecule has 0 bridgehead atoms. The number of hydrogen-bond donors (Lipinski definition) is 1. The Kier molecular flexibility index (Phi) is 6.11. The molecule has 0 saturated carbocycles. The van der Waals surface area contributed by atoms with E-state index in [2.05, 4.69) is 5.32 Å². The molecule has 1 unspecified atom stereocenters. The summed E-state index contributed by atoms with van der Waals surface area (Å²) in [6.45, 7) is 2.26. The monoisotopic (exact) mass is 257 g/mol. The van der Waals surface area contributed by atoms with Crippen LogP contribution < -0.4 is 5.32 Å². The fraction of sp³-hybridized carbons (Fsp3) is 0.667. The number of esters is 1. The van der Waals surface area contributed by atoms with Crippen molar-refractivity contribution in [1.29, 1.82) is 0 Å². The zero-order chi connectivity index (χ0) is 12.7. The molecular weight excluding hydrogens is 238 g/mol. The number of hydrogen-bond acceptors (Lipinski definition) is 4. The van der Waals surface area contributed by atoms with Gasteiger partial charge in [-0.25, -0.2) is 4.79 Å². The van der Waals surface area contributed by atoms with Gasteiger partial charge in [-0.3, -0.25) is 4.79 Å². The lowest BCUT2D eigenvalue weighted by atomic mass is 10.2. The Labute approximate surface area is 106 Å². The molecule has 0 aromatic heterocycles. The molecule has 17 heavy (non-hydrogen) atoms. The molecule has 0 heterocycles. The molecule has 1 atom stereocenters. The summed E-state index contributed by atoms with van der Waals surface area (Å²) in [4.78, 5) is 22.8. The highest BCUT2D eigenvalue weighted by atomic mass is 32.2. The van der Waals surface area contributed by atoms with Crippen molar-refractivity contribution in [3.05, 3.63) is 11.6 Å². The van der Waals surface area contributed by atoms with E-state index >= 15 is 0 Å². The van der Waals surface area contributed by atoms with Crippen LogP contribution in [0.15, 0.2) is 11.6 Å². The maximum atomic E-state index is 11.6. The fourth-order valence-electron chi connectivity index (χ4n) is 1.63. The maximum absolute atomic E-state index is 11.6. The van der Waals surface area contributed by atoms with E-state index in [0.717, 1.165) is 12.2 Å². The van der Waals surface area contributed by atoms with Crippen molar-refractivity contribution >= 4 is 23.6 Å². The van der Waals surface area contributed by atoms with Crippen molar-refractivity contribution in [1.82, 2.24) is 5.32 Å². The first kappa shape index (κ1) is 14.1. The zero-order valence-corrected chi connectivity index (χ0v) is 11.1. The predicted molar refractivity (Wildman–Crippen MR) is 68.9 cm³/mol. The van der Waals surface area contributed by atoms with Gasteiger partial charge in [0, 0.05) is 23.8 Å². The van der Waals surface area contributed by atoms with E-state index in [1.807, 2.05) is 19.3 Å². The fourth-order valence-corrected chi connectivity index (χ4v) is 1.88. The van der Waals surface area contributed by atoms with Crippen LogP contribution in [-0.2, 0) is 14.3 Å². The number of rotatable bonds is 6. The van der Waals surface area contributed by atoms with Gasteiger partial charge in [-0.2, -0.15) is 11.8 Å². The molecule has 0 aromatic rings. The molecule has 0 fully saturated rings. The molecule has 1 rings (SSSR count). The second kappa shape index (κ2) is 7.37. The van der Waals surface area contributed by atoms with E-state index in [-0.39, 0.29) is 17.9 Å². The summed E-state index contributed by atoms with van der Waals surface area (Å²) in [5.41, 5.74) is 0.688. The number of carbonyl (C=O) groups excluding carboxylic acids is 2. The predicted octanol–water partition coefficient (Wildman–Crippen LogP) is 1.51. The Hall–Kier alpha value is -0.970. The third-order valence-electron chi connectivity index (χ3n) is 2.58. The van der Waals surface area contributed by atoms with Gasteiger partial charge in [-0.05, 0) is 19.1 Å². The summed E-state index contributed by atoms with van der Waals surface area (Å²) >= 11 is 1.64. The Morgan fingerprint density at radius 2 is 2.35 bits per heavy atom.